The van der Waals surface area contributed by atoms with E-state index >= 15 is 0 Å². The number of benzene rings is 2. The largest absolute Gasteiger partial charge is 0.366 e. The fourth-order valence-electron chi connectivity index (χ4n) is 2.57. The van der Waals surface area contributed by atoms with Crippen LogP contribution in [0.25, 0.3) is 0 Å². The van der Waals surface area contributed by atoms with Crippen LogP contribution in [0.4, 0.5) is 10.1 Å². The number of nitrogens with two attached hydrogens (primary N) is 1. The van der Waals surface area contributed by atoms with Crippen LogP contribution in [0.2, 0.25) is 0 Å². The summed E-state index contributed by atoms with van der Waals surface area (Å²) in [7, 11) is 0. The van der Waals surface area contributed by atoms with E-state index in [1.54, 1.807) is 35.2 Å². The Hall–Kier alpha value is -2.69. The van der Waals surface area contributed by atoms with E-state index < -0.39 is 5.91 Å². The Bertz CT molecular complexity index is 726. The molecular formula is C16H13FN2O2. The summed E-state index contributed by atoms with van der Waals surface area (Å²) in [5, 5.41) is 0. The molecule has 0 saturated heterocycles. The number of rotatable bonds is 3. The van der Waals surface area contributed by atoms with Crippen molar-refractivity contribution in [2.24, 2.45) is 5.73 Å². The second-order valence-corrected chi connectivity index (χ2v) is 4.95. The molecule has 0 radical (unpaired) electrons. The van der Waals surface area contributed by atoms with Gasteiger partial charge in [0.15, 0.2) is 0 Å². The maximum absolute atomic E-state index is 12.9. The van der Waals surface area contributed by atoms with Crippen molar-refractivity contribution < 1.29 is 14.0 Å². The minimum Gasteiger partial charge on any atom is -0.366 e. The predicted octanol–water partition coefficient (Wildman–Crippen LogP) is 2.01. The molecule has 5 heteroatoms. The standard InChI is InChI=1S/C16H13FN2O2/c17-11-6-4-10(5-7-11)9-19-14-3-1-2-12(16(18)21)13(14)8-15(19)20/h1-7H,8-9H2,(H2,18,21). The van der Waals surface area contributed by atoms with Crippen molar-refractivity contribution in [3.8, 4) is 0 Å². The number of primary amides is 1. The SMILES string of the molecule is NC(=O)c1cccc2c1CC(=O)N2Cc1ccc(F)cc1. The van der Waals surface area contributed by atoms with Crippen molar-refractivity contribution in [3.63, 3.8) is 0 Å². The number of nitrogens with zero attached hydrogens (tertiary/aromatic N) is 1. The third-order valence-corrected chi connectivity index (χ3v) is 3.59. The van der Waals surface area contributed by atoms with E-state index in [-0.39, 0.29) is 18.1 Å². The molecule has 0 unspecified atom stereocenters. The minimum absolute atomic E-state index is 0.0944. The molecule has 2 N–H and O–H groups in total. The quantitative estimate of drug-likeness (QED) is 0.937. The number of amides is 2. The first kappa shape index (κ1) is 13.3. The zero-order chi connectivity index (χ0) is 15.0. The molecule has 0 aromatic heterocycles. The van der Waals surface area contributed by atoms with Gasteiger partial charge in [0.2, 0.25) is 11.8 Å². The smallest absolute Gasteiger partial charge is 0.249 e. The molecule has 3 rings (SSSR count). The van der Waals surface area contributed by atoms with Crippen LogP contribution >= 0.6 is 0 Å². The van der Waals surface area contributed by atoms with Crippen LogP contribution in [-0.2, 0) is 17.8 Å². The van der Waals surface area contributed by atoms with Crippen molar-refractivity contribution in [1.29, 1.82) is 0 Å². The molecule has 0 saturated carbocycles. The van der Waals surface area contributed by atoms with E-state index in [9.17, 15) is 14.0 Å². The van der Waals surface area contributed by atoms with Gasteiger partial charge in [0, 0.05) is 11.3 Å². The first-order valence-corrected chi connectivity index (χ1v) is 6.53. The summed E-state index contributed by atoms with van der Waals surface area (Å²) in [6.45, 7) is 0.342. The summed E-state index contributed by atoms with van der Waals surface area (Å²) in [6, 6.07) is 11.1. The Balaban J connectivity index is 1.96. The molecule has 1 aliphatic rings. The first-order valence-electron chi connectivity index (χ1n) is 6.53. The Kier molecular flexibility index (Phi) is 3.17. The average molecular weight is 284 g/mol. The van der Waals surface area contributed by atoms with Crippen LogP contribution in [0.3, 0.4) is 0 Å². The molecule has 2 aromatic rings. The van der Waals surface area contributed by atoms with E-state index in [1.807, 2.05) is 0 Å². The Labute approximate surface area is 121 Å². The van der Waals surface area contributed by atoms with Crippen LogP contribution in [-0.4, -0.2) is 11.8 Å². The van der Waals surface area contributed by atoms with Crippen LogP contribution in [0.15, 0.2) is 42.5 Å². The van der Waals surface area contributed by atoms with Gasteiger partial charge in [0.05, 0.1) is 13.0 Å². The summed E-state index contributed by atoms with van der Waals surface area (Å²) in [5.74, 6) is -0.950. The highest BCUT2D eigenvalue weighted by Crippen LogP contribution is 2.32. The van der Waals surface area contributed by atoms with Gasteiger partial charge in [-0.05, 0) is 35.4 Å². The van der Waals surface area contributed by atoms with Crippen molar-refractivity contribution >= 4 is 17.5 Å². The van der Waals surface area contributed by atoms with Gasteiger partial charge in [-0.3, -0.25) is 9.59 Å². The second kappa shape index (κ2) is 5.01. The fourth-order valence-corrected chi connectivity index (χ4v) is 2.57. The zero-order valence-electron chi connectivity index (χ0n) is 11.2. The molecule has 2 aromatic carbocycles. The monoisotopic (exact) mass is 284 g/mol. The summed E-state index contributed by atoms with van der Waals surface area (Å²) in [5.41, 5.74) is 7.89. The third kappa shape index (κ3) is 2.38. The fraction of sp³-hybridized carbons (Fsp3) is 0.125. The Morgan fingerprint density at radius 3 is 2.57 bits per heavy atom. The van der Waals surface area contributed by atoms with E-state index in [0.29, 0.717) is 23.4 Å². The van der Waals surface area contributed by atoms with Crippen LogP contribution in [0.1, 0.15) is 21.5 Å². The van der Waals surface area contributed by atoms with Crippen molar-refractivity contribution in [1.82, 2.24) is 0 Å². The molecular weight excluding hydrogens is 271 g/mol. The van der Waals surface area contributed by atoms with Gasteiger partial charge in [0.1, 0.15) is 5.82 Å². The van der Waals surface area contributed by atoms with E-state index in [0.717, 1.165) is 5.56 Å². The maximum Gasteiger partial charge on any atom is 0.249 e. The van der Waals surface area contributed by atoms with Crippen LogP contribution in [0.5, 0.6) is 0 Å². The third-order valence-electron chi connectivity index (χ3n) is 3.59. The van der Waals surface area contributed by atoms with Gasteiger partial charge >= 0.3 is 0 Å². The number of carbonyl (C=O) groups is 2. The molecule has 0 aliphatic carbocycles. The maximum atomic E-state index is 12.9. The average Bonchev–Trinajstić information content (AvgIpc) is 2.77. The van der Waals surface area contributed by atoms with Gasteiger partial charge in [-0.2, -0.15) is 0 Å². The molecule has 1 heterocycles. The molecule has 2 amide bonds. The zero-order valence-corrected chi connectivity index (χ0v) is 11.2. The highest BCUT2D eigenvalue weighted by molar-refractivity contribution is 6.06. The molecule has 0 fully saturated rings. The van der Waals surface area contributed by atoms with Crippen molar-refractivity contribution in [2.45, 2.75) is 13.0 Å². The van der Waals surface area contributed by atoms with Crippen LogP contribution < -0.4 is 10.6 Å². The number of hydrogen-bond acceptors (Lipinski definition) is 2. The first-order chi connectivity index (χ1) is 10.1. The molecule has 4 nitrogen and oxygen atoms in total. The van der Waals surface area contributed by atoms with Gasteiger partial charge in [-0.25, -0.2) is 4.39 Å². The lowest BCUT2D eigenvalue weighted by Crippen LogP contribution is -2.25. The second-order valence-electron chi connectivity index (χ2n) is 4.95. The van der Waals surface area contributed by atoms with E-state index in [1.165, 1.54) is 12.1 Å². The molecule has 1 aliphatic heterocycles. The number of hydrogen-bond donors (Lipinski definition) is 1. The lowest BCUT2D eigenvalue weighted by Gasteiger charge is -2.18. The highest BCUT2D eigenvalue weighted by Gasteiger charge is 2.30. The lowest BCUT2D eigenvalue weighted by molar-refractivity contribution is -0.117. The molecule has 21 heavy (non-hydrogen) atoms. The van der Waals surface area contributed by atoms with Gasteiger partial charge in [0.25, 0.3) is 0 Å². The normalized spacial score (nSPS) is 13.4. The number of halogens is 1. The van der Waals surface area contributed by atoms with E-state index in [4.69, 9.17) is 5.73 Å². The topological polar surface area (TPSA) is 63.4 Å². The molecule has 106 valence electrons. The summed E-state index contributed by atoms with van der Waals surface area (Å²) >= 11 is 0. The Morgan fingerprint density at radius 1 is 1.19 bits per heavy atom. The number of carbonyl (C=O) groups excluding carboxylic acids is 2. The summed E-state index contributed by atoms with van der Waals surface area (Å²) in [6.07, 6.45) is 0.162. The number of anilines is 1. The highest BCUT2D eigenvalue weighted by atomic mass is 19.1. The van der Waals surface area contributed by atoms with Crippen molar-refractivity contribution in [3.05, 3.63) is 65.0 Å². The molecule has 0 atom stereocenters. The van der Waals surface area contributed by atoms with E-state index in [2.05, 4.69) is 0 Å². The molecule has 0 spiro atoms. The predicted molar refractivity (Wildman–Crippen MR) is 76.3 cm³/mol. The number of fused-ring (bicyclic) bond motifs is 1. The van der Waals surface area contributed by atoms with Crippen molar-refractivity contribution in [2.75, 3.05) is 4.90 Å². The molecule has 0 bridgehead atoms. The lowest BCUT2D eigenvalue weighted by atomic mass is 10.0. The minimum atomic E-state index is -0.539. The summed E-state index contributed by atoms with van der Waals surface area (Å²) < 4.78 is 12.9. The summed E-state index contributed by atoms with van der Waals surface area (Å²) in [4.78, 5) is 25.2. The van der Waals surface area contributed by atoms with Crippen LogP contribution in [0, 0.1) is 5.82 Å². The van der Waals surface area contributed by atoms with Gasteiger partial charge < -0.3 is 10.6 Å². The van der Waals surface area contributed by atoms with Gasteiger partial charge in [-0.15, -0.1) is 0 Å². The van der Waals surface area contributed by atoms with Gasteiger partial charge in [-0.1, -0.05) is 18.2 Å². The Morgan fingerprint density at radius 2 is 1.90 bits per heavy atom.